The zero-order valence-corrected chi connectivity index (χ0v) is 17.6. The van der Waals surface area contributed by atoms with Gasteiger partial charge in [-0.25, -0.2) is 0 Å². The Labute approximate surface area is 164 Å². The van der Waals surface area contributed by atoms with Crippen LogP contribution >= 0.6 is 0 Å². The Morgan fingerprint density at radius 2 is 2.00 bits per heavy atom. The fourth-order valence-corrected chi connectivity index (χ4v) is 4.49. The lowest BCUT2D eigenvalue weighted by Crippen LogP contribution is -2.53. The van der Waals surface area contributed by atoms with Gasteiger partial charge in [0.25, 0.3) is 5.91 Å². The second-order valence-corrected chi connectivity index (χ2v) is 8.78. The van der Waals surface area contributed by atoms with Gasteiger partial charge in [0, 0.05) is 25.2 Å². The first kappa shape index (κ1) is 20.3. The molecular formula is C21H37N5O. The molecule has 1 amide bonds. The molecule has 3 heterocycles. The van der Waals surface area contributed by atoms with Crippen LogP contribution in [0.4, 0.5) is 0 Å². The summed E-state index contributed by atoms with van der Waals surface area (Å²) in [7, 11) is 2.21. The highest BCUT2D eigenvalue weighted by Gasteiger charge is 2.29. The van der Waals surface area contributed by atoms with Crippen LogP contribution in [-0.2, 0) is 13.0 Å². The van der Waals surface area contributed by atoms with Gasteiger partial charge in [0.1, 0.15) is 5.69 Å². The number of piperidine rings is 2. The van der Waals surface area contributed by atoms with Crippen LogP contribution in [0.1, 0.15) is 62.6 Å². The van der Waals surface area contributed by atoms with Gasteiger partial charge in [-0.1, -0.05) is 13.8 Å². The Balaban J connectivity index is 1.59. The molecule has 0 radical (unpaired) electrons. The molecule has 0 aliphatic carbocycles. The zero-order chi connectivity index (χ0) is 19.4. The van der Waals surface area contributed by atoms with E-state index in [1.807, 2.05) is 17.7 Å². The molecule has 2 saturated heterocycles. The van der Waals surface area contributed by atoms with Gasteiger partial charge in [-0.2, -0.15) is 5.10 Å². The topological polar surface area (TPSA) is 53.4 Å². The Bertz CT molecular complexity index is 618. The molecule has 0 saturated carbocycles. The van der Waals surface area contributed by atoms with Gasteiger partial charge in [0.15, 0.2) is 0 Å². The lowest BCUT2D eigenvalue weighted by atomic mass is 9.98. The number of carbonyl (C=O) groups excluding carboxylic acids is 1. The predicted molar refractivity (Wildman–Crippen MR) is 109 cm³/mol. The standard InChI is InChI=1S/C21H37N5O/c1-5-26-20(14-18(23-26)13-16(2)3)21(27)22-17-7-6-10-25(15-17)19-8-11-24(4)12-9-19/h14,16-17,19H,5-13,15H2,1-4H3,(H,22,27)/t17-/m0/s1. The van der Waals surface area contributed by atoms with Crippen LogP contribution in [0.3, 0.4) is 0 Å². The minimum Gasteiger partial charge on any atom is -0.347 e. The first-order chi connectivity index (χ1) is 13.0. The van der Waals surface area contributed by atoms with E-state index in [1.165, 1.54) is 38.9 Å². The van der Waals surface area contributed by atoms with Gasteiger partial charge < -0.3 is 10.2 Å². The third-order valence-electron chi connectivity index (χ3n) is 5.97. The second-order valence-electron chi connectivity index (χ2n) is 8.78. The fraction of sp³-hybridized carbons (Fsp3) is 0.810. The highest BCUT2D eigenvalue weighted by molar-refractivity contribution is 5.92. The van der Waals surface area contributed by atoms with E-state index in [2.05, 4.69) is 41.1 Å². The average molecular weight is 376 g/mol. The molecule has 6 heteroatoms. The molecule has 0 bridgehead atoms. The molecule has 152 valence electrons. The van der Waals surface area contributed by atoms with Gasteiger partial charge in [0.05, 0.1) is 5.69 Å². The summed E-state index contributed by atoms with van der Waals surface area (Å²) >= 11 is 0. The summed E-state index contributed by atoms with van der Waals surface area (Å²) < 4.78 is 1.85. The van der Waals surface area contributed by atoms with Crippen LogP contribution in [0.25, 0.3) is 0 Å². The Morgan fingerprint density at radius 3 is 2.67 bits per heavy atom. The zero-order valence-electron chi connectivity index (χ0n) is 17.6. The molecular weight excluding hydrogens is 338 g/mol. The normalized spacial score (nSPS) is 23.1. The third-order valence-corrected chi connectivity index (χ3v) is 5.97. The first-order valence-electron chi connectivity index (χ1n) is 10.8. The Morgan fingerprint density at radius 1 is 1.26 bits per heavy atom. The molecule has 6 nitrogen and oxygen atoms in total. The van der Waals surface area contributed by atoms with Crippen molar-refractivity contribution >= 4 is 5.91 Å². The Hall–Kier alpha value is -1.40. The van der Waals surface area contributed by atoms with Crippen molar-refractivity contribution in [2.45, 2.75) is 71.5 Å². The van der Waals surface area contributed by atoms with Gasteiger partial charge in [0.2, 0.25) is 0 Å². The SMILES string of the molecule is CCn1nc(CC(C)C)cc1C(=O)N[C@H]1CCCN(C2CCN(C)CC2)C1. The average Bonchev–Trinajstić information content (AvgIpc) is 3.05. The maximum absolute atomic E-state index is 12.9. The van der Waals surface area contributed by atoms with E-state index in [1.54, 1.807) is 0 Å². The smallest absolute Gasteiger partial charge is 0.269 e. The Kier molecular flexibility index (Phi) is 6.93. The number of likely N-dealkylation sites (tertiary alicyclic amines) is 2. The van der Waals surface area contributed by atoms with Crippen LogP contribution in [0.15, 0.2) is 6.07 Å². The summed E-state index contributed by atoms with van der Waals surface area (Å²) in [6, 6.07) is 2.91. The summed E-state index contributed by atoms with van der Waals surface area (Å²) in [5, 5.41) is 7.92. The summed E-state index contributed by atoms with van der Waals surface area (Å²) in [4.78, 5) is 18.0. The van der Waals surface area contributed by atoms with Crippen molar-refractivity contribution < 1.29 is 4.79 Å². The minimum atomic E-state index is 0.0367. The number of carbonyl (C=O) groups is 1. The van der Waals surface area contributed by atoms with E-state index in [4.69, 9.17) is 0 Å². The lowest BCUT2D eigenvalue weighted by molar-refractivity contribution is 0.0760. The molecule has 1 N–H and O–H groups in total. The van der Waals surface area contributed by atoms with Crippen molar-refractivity contribution in [2.24, 2.45) is 5.92 Å². The van der Waals surface area contributed by atoms with E-state index < -0.39 is 0 Å². The number of amides is 1. The van der Waals surface area contributed by atoms with E-state index in [-0.39, 0.29) is 11.9 Å². The predicted octanol–water partition coefficient (Wildman–Crippen LogP) is 2.39. The molecule has 3 rings (SSSR count). The summed E-state index contributed by atoms with van der Waals surface area (Å²) in [6.45, 7) is 11.7. The molecule has 1 atom stereocenters. The van der Waals surface area contributed by atoms with Gasteiger partial charge in [-0.05, 0) is 77.7 Å². The molecule has 2 aliphatic heterocycles. The maximum Gasteiger partial charge on any atom is 0.269 e. The number of nitrogens with one attached hydrogen (secondary N) is 1. The molecule has 1 aromatic heterocycles. The largest absolute Gasteiger partial charge is 0.347 e. The fourth-order valence-electron chi connectivity index (χ4n) is 4.49. The summed E-state index contributed by atoms with van der Waals surface area (Å²) in [5.41, 5.74) is 1.73. The van der Waals surface area contributed by atoms with E-state index in [0.717, 1.165) is 31.6 Å². The van der Waals surface area contributed by atoms with Crippen molar-refractivity contribution in [3.63, 3.8) is 0 Å². The molecule has 0 spiro atoms. The molecule has 2 aliphatic rings. The highest BCUT2D eigenvalue weighted by Crippen LogP contribution is 2.21. The molecule has 0 unspecified atom stereocenters. The number of aryl methyl sites for hydroxylation is 1. The van der Waals surface area contributed by atoms with E-state index >= 15 is 0 Å². The number of hydrogen-bond donors (Lipinski definition) is 1. The van der Waals surface area contributed by atoms with Gasteiger partial charge in [-0.15, -0.1) is 0 Å². The van der Waals surface area contributed by atoms with Gasteiger partial charge in [-0.3, -0.25) is 14.4 Å². The number of aromatic nitrogens is 2. The van der Waals surface area contributed by atoms with Crippen LogP contribution in [0.2, 0.25) is 0 Å². The molecule has 1 aromatic rings. The van der Waals surface area contributed by atoms with Crippen LogP contribution < -0.4 is 5.32 Å². The van der Waals surface area contributed by atoms with Gasteiger partial charge >= 0.3 is 0 Å². The second kappa shape index (κ2) is 9.20. The van der Waals surface area contributed by atoms with E-state index in [9.17, 15) is 4.79 Å². The van der Waals surface area contributed by atoms with Crippen molar-refractivity contribution in [3.8, 4) is 0 Å². The molecule has 27 heavy (non-hydrogen) atoms. The highest BCUT2D eigenvalue weighted by atomic mass is 16.2. The molecule has 2 fully saturated rings. The van der Waals surface area contributed by atoms with Crippen LogP contribution in [0, 0.1) is 5.92 Å². The first-order valence-corrected chi connectivity index (χ1v) is 10.8. The summed E-state index contributed by atoms with van der Waals surface area (Å²) in [5.74, 6) is 0.581. The number of rotatable bonds is 6. The van der Waals surface area contributed by atoms with E-state index in [0.29, 0.717) is 17.7 Å². The quantitative estimate of drug-likeness (QED) is 0.829. The van der Waals surface area contributed by atoms with Crippen molar-refractivity contribution in [3.05, 3.63) is 17.5 Å². The van der Waals surface area contributed by atoms with Crippen LogP contribution in [0.5, 0.6) is 0 Å². The van der Waals surface area contributed by atoms with Crippen molar-refractivity contribution in [2.75, 3.05) is 33.2 Å². The summed E-state index contributed by atoms with van der Waals surface area (Å²) in [6.07, 6.45) is 5.66. The third kappa shape index (κ3) is 5.32. The molecule has 0 aromatic carbocycles. The minimum absolute atomic E-state index is 0.0367. The number of hydrogen-bond acceptors (Lipinski definition) is 4. The van der Waals surface area contributed by atoms with Crippen LogP contribution in [-0.4, -0.2) is 70.8 Å². The van der Waals surface area contributed by atoms with Crippen molar-refractivity contribution in [1.29, 1.82) is 0 Å². The van der Waals surface area contributed by atoms with Crippen molar-refractivity contribution in [1.82, 2.24) is 24.9 Å². The maximum atomic E-state index is 12.9. The monoisotopic (exact) mass is 375 g/mol. The lowest BCUT2D eigenvalue weighted by Gasteiger charge is -2.41. The number of nitrogens with zero attached hydrogens (tertiary/aromatic N) is 4.